The van der Waals surface area contributed by atoms with Crippen molar-refractivity contribution in [2.45, 2.75) is 38.8 Å². The van der Waals surface area contributed by atoms with Gasteiger partial charge in [0.2, 0.25) is 0 Å². The van der Waals surface area contributed by atoms with E-state index in [1.807, 2.05) is 35.7 Å². The molecule has 0 saturated carbocycles. The van der Waals surface area contributed by atoms with E-state index in [9.17, 15) is 0 Å². The van der Waals surface area contributed by atoms with Gasteiger partial charge in [-0.3, -0.25) is 0 Å². The van der Waals surface area contributed by atoms with Crippen molar-refractivity contribution in [3.8, 4) is 0 Å². The summed E-state index contributed by atoms with van der Waals surface area (Å²) < 4.78 is 2.07. The maximum Gasteiger partial charge on any atom is 0.0836 e. The van der Waals surface area contributed by atoms with Gasteiger partial charge in [-0.05, 0) is 60.7 Å². The molecule has 0 spiro atoms. The SMILES string of the molecule is C[N+](C)(CCCN1c2ccccc2Sc2ccc(Cl)cc21)CCC[N+](C)(C)CCCN1c2ccccc2Sc2ccc(Cl)cc21. The fourth-order valence-corrected chi connectivity index (χ4v) is 9.04. The first kappa shape index (κ1) is 32.6. The quantitative estimate of drug-likeness (QED) is 0.138. The van der Waals surface area contributed by atoms with Gasteiger partial charge < -0.3 is 18.8 Å². The van der Waals surface area contributed by atoms with Crippen LogP contribution in [0, 0.1) is 0 Å². The summed E-state index contributed by atoms with van der Waals surface area (Å²) in [5, 5.41) is 1.59. The second-order valence-electron chi connectivity index (χ2n) is 13.5. The third-order valence-electron chi connectivity index (χ3n) is 8.99. The first-order valence-electron chi connectivity index (χ1n) is 15.9. The van der Waals surface area contributed by atoms with Crippen LogP contribution >= 0.6 is 46.7 Å². The Hall–Kier alpha value is -2.32. The fourth-order valence-electron chi connectivity index (χ4n) is 6.55. The van der Waals surface area contributed by atoms with Gasteiger partial charge in [0.25, 0.3) is 0 Å². The Morgan fingerprint density at radius 2 is 0.867 bits per heavy atom. The summed E-state index contributed by atoms with van der Waals surface area (Å²) >= 11 is 16.6. The van der Waals surface area contributed by atoms with E-state index in [0.29, 0.717) is 0 Å². The van der Waals surface area contributed by atoms with Gasteiger partial charge in [0, 0.05) is 62.0 Å². The Balaban J connectivity index is 0.997. The Labute approximate surface area is 288 Å². The number of para-hydroxylation sites is 2. The van der Waals surface area contributed by atoms with Crippen LogP contribution in [0.2, 0.25) is 10.0 Å². The molecule has 2 aliphatic heterocycles. The number of benzene rings is 4. The Morgan fingerprint density at radius 1 is 0.489 bits per heavy atom. The Kier molecular flexibility index (Phi) is 10.0. The highest BCUT2D eigenvalue weighted by molar-refractivity contribution is 8.00. The van der Waals surface area contributed by atoms with Gasteiger partial charge in [0.15, 0.2) is 0 Å². The zero-order valence-corrected chi connectivity index (χ0v) is 30.0. The van der Waals surface area contributed by atoms with Crippen molar-refractivity contribution >= 4 is 69.5 Å². The zero-order chi connectivity index (χ0) is 31.6. The van der Waals surface area contributed by atoms with Crippen LogP contribution in [0.5, 0.6) is 0 Å². The monoisotopic (exact) mass is 678 g/mol. The number of nitrogens with zero attached hydrogens (tertiary/aromatic N) is 4. The maximum absolute atomic E-state index is 6.44. The van der Waals surface area contributed by atoms with Crippen LogP contribution in [-0.4, -0.2) is 76.4 Å². The third kappa shape index (κ3) is 7.81. The van der Waals surface area contributed by atoms with Crippen molar-refractivity contribution in [1.82, 2.24) is 0 Å². The van der Waals surface area contributed by atoms with Gasteiger partial charge in [-0.1, -0.05) is 71.0 Å². The minimum atomic E-state index is 0.796. The minimum Gasteiger partial charge on any atom is -0.339 e. The highest BCUT2D eigenvalue weighted by Gasteiger charge is 2.27. The number of halogens is 2. The lowest BCUT2D eigenvalue weighted by Gasteiger charge is -2.36. The molecule has 0 fully saturated rings. The van der Waals surface area contributed by atoms with Crippen molar-refractivity contribution in [3.05, 3.63) is 95.0 Å². The van der Waals surface area contributed by atoms with Gasteiger partial charge in [-0.25, -0.2) is 0 Å². The maximum atomic E-state index is 6.44. The minimum absolute atomic E-state index is 0.796. The Morgan fingerprint density at radius 3 is 1.31 bits per heavy atom. The van der Waals surface area contributed by atoms with E-state index in [4.69, 9.17) is 23.2 Å². The molecule has 0 saturated heterocycles. The molecule has 0 radical (unpaired) electrons. The summed E-state index contributed by atoms with van der Waals surface area (Å²) in [6.45, 7) is 6.62. The van der Waals surface area contributed by atoms with Crippen LogP contribution in [0.1, 0.15) is 19.3 Å². The molecule has 6 rings (SSSR count). The van der Waals surface area contributed by atoms with Crippen molar-refractivity contribution in [2.75, 3.05) is 77.3 Å². The highest BCUT2D eigenvalue weighted by atomic mass is 35.5. The predicted octanol–water partition coefficient (Wildman–Crippen LogP) is 10.2. The molecule has 4 aromatic rings. The molecular formula is C37H44Cl2N4S2+2. The van der Waals surface area contributed by atoms with Gasteiger partial charge in [-0.2, -0.15) is 0 Å². The van der Waals surface area contributed by atoms with Crippen molar-refractivity contribution < 1.29 is 8.97 Å². The molecule has 0 N–H and O–H groups in total. The lowest BCUT2D eigenvalue weighted by Crippen LogP contribution is -2.47. The third-order valence-corrected chi connectivity index (χ3v) is 11.7. The molecule has 2 heterocycles. The first-order valence-corrected chi connectivity index (χ1v) is 18.3. The van der Waals surface area contributed by atoms with Gasteiger partial charge in [0.1, 0.15) is 0 Å². The van der Waals surface area contributed by atoms with E-state index in [1.54, 1.807) is 0 Å². The van der Waals surface area contributed by atoms with Crippen molar-refractivity contribution in [2.24, 2.45) is 0 Å². The van der Waals surface area contributed by atoms with Crippen LogP contribution < -0.4 is 9.80 Å². The van der Waals surface area contributed by atoms with Gasteiger partial charge >= 0.3 is 0 Å². The second kappa shape index (κ2) is 13.8. The molecule has 0 bridgehead atoms. The average Bonchev–Trinajstić information content (AvgIpc) is 3.00. The number of quaternary nitrogens is 2. The molecular weight excluding hydrogens is 635 g/mol. The number of anilines is 4. The summed E-state index contributed by atoms with van der Waals surface area (Å²) in [6.07, 6.45) is 3.46. The average molecular weight is 680 g/mol. The summed E-state index contributed by atoms with van der Waals surface area (Å²) in [5.41, 5.74) is 5.04. The van der Waals surface area contributed by atoms with Crippen molar-refractivity contribution in [1.29, 1.82) is 0 Å². The van der Waals surface area contributed by atoms with Crippen LogP contribution in [-0.2, 0) is 0 Å². The molecule has 45 heavy (non-hydrogen) atoms. The molecule has 0 amide bonds. The summed E-state index contributed by atoms with van der Waals surface area (Å²) in [7, 11) is 9.55. The van der Waals surface area contributed by atoms with E-state index in [-0.39, 0.29) is 0 Å². The molecule has 4 aromatic carbocycles. The normalized spacial score (nSPS) is 14.1. The number of hydrogen-bond donors (Lipinski definition) is 0. The largest absolute Gasteiger partial charge is 0.339 e. The standard InChI is InChI=1S/C37H44Cl2N4S2/c1-42(2,22-9-20-40-30-12-5-7-14-34(30)44-36-18-16-28(38)26-32(36)40)24-11-25-43(3,4)23-10-21-41-31-13-6-8-15-35(31)45-37-19-17-29(39)27-33(37)41/h5-8,12-19,26-27H,9-11,20-25H2,1-4H3/q+2. The molecule has 0 aliphatic carbocycles. The topological polar surface area (TPSA) is 6.48 Å². The molecule has 236 valence electrons. The van der Waals surface area contributed by atoms with Gasteiger partial charge in [0.05, 0.1) is 77.1 Å². The first-order chi connectivity index (χ1) is 21.6. The molecule has 8 heteroatoms. The van der Waals surface area contributed by atoms with Gasteiger partial charge in [-0.15, -0.1) is 0 Å². The summed E-state index contributed by atoms with van der Waals surface area (Å²) in [6, 6.07) is 30.0. The lowest BCUT2D eigenvalue weighted by molar-refractivity contribution is -0.909. The molecule has 4 nitrogen and oxygen atoms in total. The Bertz CT molecular complexity index is 1540. The van der Waals surface area contributed by atoms with E-state index in [1.165, 1.54) is 61.8 Å². The van der Waals surface area contributed by atoms with E-state index in [2.05, 4.69) is 111 Å². The lowest BCUT2D eigenvalue weighted by atomic mass is 10.2. The predicted molar refractivity (Wildman–Crippen MR) is 196 cm³/mol. The van der Waals surface area contributed by atoms with E-state index < -0.39 is 0 Å². The van der Waals surface area contributed by atoms with E-state index >= 15 is 0 Å². The molecule has 2 aliphatic rings. The number of rotatable bonds is 12. The highest BCUT2D eigenvalue weighted by Crippen LogP contribution is 2.50. The van der Waals surface area contributed by atoms with Crippen LogP contribution in [0.3, 0.4) is 0 Å². The van der Waals surface area contributed by atoms with Crippen LogP contribution in [0.4, 0.5) is 22.7 Å². The van der Waals surface area contributed by atoms with Crippen LogP contribution in [0.15, 0.2) is 105 Å². The van der Waals surface area contributed by atoms with Crippen LogP contribution in [0.25, 0.3) is 0 Å². The number of hydrogen-bond acceptors (Lipinski definition) is 4. The molecule has 0 unspecified atom stereocenters. The summed E-state index contributed by atoms with van der Waals surface area (Å²) in [4.78, 5) is 10.1. The fraction of sp³-hybridized carbons (Fsp3) is 0.351. The molecule has 0 atom stereocenters. The number of fused-ring (bicyclic) bond motifs is 4. The zero-order valence-electron chi connectivity index (χ0n) is 26.8. The van der Waals surface area contributed by atoms with Crippen molar-refractivity contribution in [3.63, 3.8) is 0 Å². The second-order valence-corrected chi connectivity index (χ2v) is 16.5. The molecule has 0 aromatic heterocycles. The smallest absolute Gasteiger partial charge is 0.0836 e. The van der Waals surface area contributed by atoms with E-state index in [0.717, 1.165) is 58.0 Å². The summed E-state index contributed by atoms with van der Waals surface area (Å²) in [5.74, 6) is 0.